The van der Waals surface area contributed by atoms with Crippen LogP contribution in [0, 0.1) is 5.92 Å². The smallest absolute Gasteiger partial charge is 0.121 e. The van der Waals surface area contributed by atoms with Gasteiger partial charge in [0.2, 0.25) is 0 Å². The van der Waals surface area contributed by atoms with Crippen molar-refractivity contribution in [1.29, 1.82) is 0 Å². The van der Waals surface area contributed by atoms with Crippen molar-refractivity contribution in [2.75, 3.05) is 33.8 Å². The standard InChI is InChI=1S/C19H28N4O2/c1-22(14-19(24)16-6-8-20-9-7-16)12-15-11-21-23(13-15)17-4-3-5-18(10-17)25-2/h3-5,10-11,13,16,19-20,24H,6-9,12,14H2,1-2H3. The number of benzene rings is 1. The highest BCUT2D eigenvalue weighted by atomic mass is 16.5. The zero-order valence-electron chi connectivity index (χ0n) is 15.1. The second-order valence-electron chi connectivity index (χ2n) is 6.85. The first kappa shape index (κ1) is 17.9. The number of aromatic nitrogens is 2. The van der Waals surface area contributed by atoms with E-state index < -0.39 is 0 Å². The number of aliphatic hydroxyl groups is 1. The predicted octanol–water partition coefficient (Wildman–Crippen LogP) is 1.67. The summed E-state index contributed by atoms with van der Waals surface area (Å²) in [7, 11) is 3.71. The number of hydrogen-bond donors (Lipinski definition) is 2. The van der Waals surface area contributed by atoms with Gasteiger partial charge >= 0.3 is 0 Å². The van der Waals surface area contributed by atoms with E-state index in [0.717, 1.165) is 49.5 Å². The summed E-state index contributed by atoms with van der Waals surface area (Å²) in [6.07, 6.45) is 5.77. The number of nitrogens with one attached hydrogen (secondary N) is 1. The minimum absolute atomic E-state index is 0.263. The molecule has 1 unspecified atom stereocenters. The molecule has 1 aromatic carbocycles. The van der Waals surface area contributed by atoms with E-state index in [2.05, 4.69) is 15.3 Å². The molecule has 0 radical (unpaired) electrons. The Kier molecular flexibility index (Phi) is 6.07. The Bertz CT molecular complexity index is 667. The molecule has 1 fully saturated rings. The van der Waals surface area contributed by atoms with Crippen molar-refractivity contribution in [1.82, 2.24) is 20.0 Å². The van der Waals surface area contributed by atoms with Gasteiger partial charge in [-0.05, 0) is 51.0 Å². The molecule has 1 saturated heterocycles. The molecule has 136 valence electrons. The Morgan fingerprint density at radius 1 is 1.40 bits per heavy atom. The summed E-state index contributed by atoms with van der Waals surface area (Å²) in [6, 6.07) is 7.84. The fourth-order valence-electron chi connectivity index (χ4n) is 3.41. The van der Waals surface area contributed by atoms with Crippen LogP contribution in [0.4, 0.5) is 0 Å². The predicted molar refractivity (Wildman–Crippen MR) is 98.1 cm³/mol. The van der Waals surface area contributed by atoms with Gasteiger partial charge in [0, 0.05) is 30.9 Å². The SMILES string of the molecule is COc1cccc(-n2cc(CN(C)CC(O)C3CCNCC3)cn2)c1. The van der Waals surface area contributed by atoms with Crippen molar-refractivity contribution in [3.63, 3.8) is 0 Å². The molecule has 6 nitrogen and oxygen atoms in total. The maximum atomic E-state index is 10.5. The molecule has 25 heavy (non-hydrogen) atoms. The molecule has 1 aliphatic heterocycles. The molecule has 1 aliphatic rings. The van der Waals surface area contributed by atoms with Crippen molar-refractivity contribution in [2.45, 2.75) is 25.5 Å². The van der Waals surface area contributed by atoms with Crippen LogP contribution in [0.1, 0.15) is 18.4 Å². The lowest BCUT2D eigenvalue weighted by atomic mass is 9.92. The van der Waals surface area contributed by atoms with Crippen LogP contribution in [-0.2, 0) is 6.54 Å². The van der Waals surface area contributed by atoms with Gasteiger partial charge in [-0.2, -0.15) is 5.10 Å². The Morgan fingerprint density at radius 2 is 2.20 bits per heavy atom. The van der Waals surface area contributed by atoms with E-state index in [9.17, 15) is 5.11 Å². The zero-order chi connectivity index (χ0) is 17.6. The van der Waals surface area contributed by atoms with Crippen LogP contribution in [0.15, 0.2) is 36.7 Å². The van der Waals surface area contributed by atoms with E-state index in [1.165, 1.54) is 0 Å². The van der Waals surface area contributed by atoms with E-state index in [1.54, 1.807) is 7.11 Å². The Morgan fingerprint density at radius 3 is 2.96 bits per heavy atom. The van der Waals surface area contributed by atoms with Gasteiger partial charge in [0.05, 0.1) is 25.1 Å². The Balaban J connectivity index is 1.56. The van der Waals surface area contributed by atoms with Gasteiger partial charge < -0.3 is 15.2 Å². The topological polar surface area (TPSA) is 62.5 Å². The van der Waals surface area contributed by atoms with Crippen LogP contribution in [0.2, 0.25) is 0 Å². The number of rotatable bonds is 7. The van der Waals surface area contributed by atoms with Gasteiger partial charge in [0.1, 0.15) is 5.75 Å². The van der Waals surface area contributed by atoms with E-state index in [-0.39, 0.29) is 6.10 Å². The summed E-state index contributed by atoms with van der Waals surface area (Å²) in [5, 5.41) is 18.3. The second kappa shape index (κ2) is 8.47. The molecule has 3 rings (SSSR count). The molecule has 6 heteroatoms. The van der Waals surface area contributed by atoms with Gasteiger partial charge in [-0.25, -0.2) is 4.68 Å². The summed E-state index contributed by atoms with van der Waals surface area (Å²) in [6.45, 7) is 3.48. The van der Waals surface area contributed by atoms with Crippen LogP contribution in [0.3, 0.4) is 0 Å². The van der Waals surface area contributed by atoms with Gasteiger partial charge in [-0.1, -0.05) is 6.07 Å². The third-order valence-electron chi connectivity index (χ3n) is 4.83. The summed E-state index contributed by atoms with van der Waals surface area (Å²) in [4.78, 5) is 2.17. The van der Waals surface area contributed by atoms with E-state index in [4.69, 9.17) is 4.74 Å². The maximum Gasteiger partial charge on any atom is 0.121 e. The van der Waals surface area contributed by atoms with Crippen LogP contribution in [-0.4, -0.2) is 59.7 Å². The van der Waals surface area contributed by atoms with Gasteiger partial charge in [-0.15, -0.1) is 0 Å². The summed E-state index contributed by atoms with van der Waals surface area (Å²) >= 11 is 0. The molecule has 2 N–H and O–H groups in total. The number of nitrogens with zero attached hydrogens (tertiary/aromatic N) is 3. The summed E-state index contributed by atoms with van der Waals surface area (Å²) in [5.74, 6) is 1.22. The quantitative estimate of drug-likeness (QED) is 0.800. The lowest BCUT2D eigenvalue weighted by Crippen LogP contribution is -2.39. The van der Waals surface area contributed by atoms with Crippen molar-refractivity contribution in [3.8, 4) is 11.4 Å². The third kappa shape index (κ3) is 4.81. The average Bonchev–Trinajstić information content (AvgIpc) is 3.10. The first-order valence-corrected chi connectivity index (χ1v) is 8.91. The second-order valence-corrected chi connectivity index (χ2v) is 6.85. The fraction of sp³-hybridized carbons (Fsp3) is 0.526. The van der Waals surface area contributed by atoms with Crippen LogP contribution >= 0.6 is 0 Å². The highest BCUT2D eigenvalue weighted by molar-refractivity contribution is 5.38. The molecule has 0 aliphatic carbocycles. The minimum atomic E-state index is -0.263. The number of piperidine rings is 1. The highest BCUT2D eigenvalue weighted by Crippen LogP contribution is 2.19. The van der Waals surface area contributed by atoms with E-state index in [1.807, 2.05) is 48.4 Å². The molecule has 0 spiro atoms. The molecule has 1 aromatic heterocycles. The Hall–Kier alpha value is -1.89. The average molecular weight is 344 g/mol. The summed E-state index contributed by atoms with van der Waals surface area (Å²) < 4.78 is 7.12. The monoisotopic (exact) mass is 344 g/mol. The largest absolute Gasteiger partial charge is 0.497 e. The number of hydrogen-bond acceptors (Lipinski definition) is 5. The van der Waals surface area contributed by atoms with Gasteiger partial charge in [0.15, 0.2) is 0 Å². The van der Waals surface area contributed by atoms with Crippen molar-refractivity contribution >= 4 is 0 Å². The lowest BCUT2D eigenvalue weighted by Gasteiger charge is -2.30. The molecular formula is C19H28N4O2. The third-order valence-corrected chi connectivity index (χ3v) is 4.83. The van der Waals surface area contributed by atoms with Crippen LogP contribution < -0.4 is 10.1 Å². The molecule has 0 saturated carbocycles. The first-order chi connectivity index (χ1) is 12.2. The van der Waals surface area contributed by atoms with Gasteiger partial charge in [0.25, 0.3) is 0 Å². The highest BCUT2D eigenvalue weighted by Gasteiger charge is 2.22. The fourth-order valence-corrected chi connectivity index (χ4v) is 3.41. The summed E-state index contributed by atoms with van der Waals surface area (Å²) in [5.41, 5.74) is 2.10. The van der Waals surface area contributed by atoms with Gasteiger partial charge in [-0.3, -0.25) is 4.90 Å². The minimum Gasteiger partial charge on any atom is -0.497 e. The molecule has 2 heterocycles. The Labute approximate surface area is 149 Å². The number of ether oxygens (including phenoxy) is 1. The number of methoxy groups -OCH3 is 1. The van der Waals surface area contributed by atoms with E-state index >= 15 is 0 Å². The molecule has 1 atom stereocenters. The normalized spacial score (nSPS) is 17.0. The number of aliphatic hydroxyl groups excluding tert-OH is 1. The van der Waals surface area contributed by atoms with Crippen molar-refractivity contribution in [3.05, 3.63) is 42.2 Å². The van der Waals surface area contributed by atoms with E-state index in [0.29, 0.717) is 12.5 Å². The molecule has 0 bridgehead atoms. The maximum absolute atomic E-state index is 10.5. The molecule has 0 amide bonds. The first-order valence-electron chi connectivity index (χ1n) is 8.91. The lowest BCUT2D eigenvalue weighted by molar-refractivity contribution is 0.0562. The van der Waals surface area contributed by atoms with Crippen LogP contribution in [0.25, 0.3) is 5.69 Å². The molecule has 2 aromatic rings. The van der Waals surface area contributed by atoms with Crippen molar-refractivity contribution < 1.29 is 9.84 Å². The molecular weight excluding hydrogens is 316 g/mol. The van der Waals surface area contributed by atoms with Crippen molar-refractivity contribution in [2.24, 2.45) is 5.92 Å². The zero-order valence-corrected chi connectivity index (χ0v) is 15.1. The van der Waals surface area contributed by atoms with Crippen LogP contribution in [0.5, 0.6) is 5.75 Å². The number of likely N-dealkylation sites (N-methyl/N-ethyl adjacent to an activating group) is 1.